The molecule has 3 nitrogen and oxygen atoms in total. The summed E-state index contributed by atoms with van der Waals surface area (Å²) >= 11 is 14.6. The summed E-state index contributed by atoms with van der Waals surface area (Å²) < 4.78 is 0.853. The van der Waals surface area contributed by atoms with Crippen molar-refractivity contribution < 1.29 is 0 Å². The van der Waals surface area contributed by atoms with Crippen LogP contribution in [0.1, 0.15) is 23.2 Å². The first-order valence-corrected chi connectivity index (χ1v) is 8.17. The van der Waals surface area contributed by atoms with E-state index >= 15 is 0 Å². The number of nitrogens with one attached hydrogen (secondary N) is 1. The Morgan fingerprint density at radius 3 is 2.86 bits per heavy atom. The topological polar surface area (TPSA) is 50.9 Å². The minimum Gasteiger partial charge on any atom is -0.389 e. The largest absolute Gasteiger partial charge is 0.389 e. The van der Waals surface area contributed by atoms with E-state index in [1.54, 1.807) is 0 Å². The van der Waals surface area contributed by atoms with Crippen molar-refractivity contribution in [3.63, 3.8) is 0 Å². The zero-order valence-electron chi connectivity index (χ0n) is 11.1. The zero-order valence-corrected chi connectivity index (χ0v) is 14.3. The van der Waals surface area contributed by atoms with Crippen LogP contribution in [0.3, 0.4) is 0 Å². The third kappa shape index (κ3) is 3.05. The van der Waals surface area contributed by atoms with Crippen molar-refractivity contribution in [2.45, 2.75) is 19.3 Å². The molecule has 1 aliphatic rings. The van der Waals surface area contributed by atoms with E-state index < -0.39 is 0 Å². The molecule has 21 heavy (non-hydrogen) atoms. The maximum absolute atomic E-state index is 6.12. The molecule has 0 aliphatic heterocycles. The van der Waals surface area contributed by atoms with E-state index in [1.807, 2.05) is 18.2 Å². The highest BCUT2D eigenvalue weighted by molar-refractivity contribution is 9.10. The van der Waals surface area contributed by atoms with Crippen LogP contribution in [0.5, 0.6) is 0 Å². The van der Waals surface area contributed by atoms with Gasteiger partial charge in [0.25, 0.3) is 0 Å². The van der Waals surface area contributed by atoms with E-state index in [2.05, 4.69) is 32.3 Å². The summed E-state index contributed by atoms with van der Waals surface area (Å²) in [5.41, 5.74) is 9.84. The Hall–Kier alpha value is -1.17. The number of hydrogen-bond acceptors (Lipinski definition) is 3. The number of hydrogen-bond donors (Lipinski definition) is 2. The van der Waals surface area contributed by atoms with Gasteiger partial charge in [0, 0.05) is 15.9 Å². The second-order valence-corrected chi connectivity index (χ2v) is 6.66. The van der Waals surface area contributed by atoms with Gasteiger partial charge in [0.15, 0.2) is 0 Å². The van der Waals surface area contributed by atoms with Gasteiger partial charge < -0.3 is 11.1 Å². The number of anilines is 2. The van der Waals surface area contributed by atoms with Crippen molar-refractivity contribution in [3.05, 3.63) is 50.6 Å². The normalized spacial score (nSPS) is 13.0. The highest BCUT2D eigenvalue weighted by Crippen LogP contribution is 2.30. The summed E-state index contributed by atoms with van der Waals surface area (Å²) in [6, 6.07) is 7.71. The third-order valence-electron chi connectivity index (χ3n) is 3.50. The summed E-state index contributed by atoms with van der Waals surface area (Å²) in [5.74, 6) is 0.696. The van der Waals surface area contributed by atoms with Gasteiger partial charge in [-0.25, -0.2) is 4.98 Å². The molecular weight excluding hydrogens is 370 g/mol. The maximum Gasteiger partial charge on any atom is 0.140 e. The summed E-state index contributed by atoms with van der Waals surface area (Å²) in [6.07, 6.45) is 3.18. The molecule has 0 amide bonds. The van der Waals surface area contributed by atoms with E-state index in [-0.39, 0.29) is 0 Å². The molecule has 1 aromatic carbocycles. The number of benzene rings is 1. The predicted molar refractivity (Wildman–Crippen MR) is 94.6 cm³/mol. The Balaban J connectivity index is 2.01. The smallest absolute Gasteiger partial charge is 0.140 e. The van der Waals surface area contributed by atoms with Crippen LogP contribution in [0.4, 0.5) is 11.5 Å². The van der Waals surface area contributed by atoms with Gasteiger partial charge in [0.05, 0.1) is 10.6 Å². The number of halogens is 2. The van der Waals surface area contributed by atoms with Crippen LogP contribution in [0.2, 0.25) is 5.02 Å². The molecule has 0 spiro atoms. The number of aromatic nitrogens is 1. The van der Waals surface area contributed by atoms with Crippen LogP contribution < -0.4 is 11.1 Å². The Bertz CT molecular complexity index is 733. The van der Waals surface area contributed by atoms with Gasteiger partial charge in [0.1, 0.15) is 10.8 Å². The number of rotatable bonds is 3. The fraction of sp³-hybridized carbons (Fsp3) is 0.200. The van der Waals surface area contributed by atoms with Gasteiger partial charge >= 0.3 is 0 Å². The monoisotopic (exact) mass is 381 g/mol. The SMILES string of the molecule is NC(=S)c1cc2c(nc1Nc1ccc(Br)c(Cl)c1)CCC2. The first-order chi connectivity index (χ1) is 10.0. The minimum atomic E-state index is 0.350. The van der Waals surface area contributed by atoms with E-state index in [4.69, 9.17) is 29.6 Å². The third-order valence-corrected chi connectivity index (χ3v) is 4.95. The summed E-state index contributed by atoms with van der Waals surface area (Å²) in [7, 11) is 0. The Kier molecular flexibility index (Phi) is 4.15. The number of pyridine rings is 1. The van der Waals surface area contributed by atoms with Gasteiger partial charge in [-0.1, -0.05) is 23.8 Å². The maximum atomic E-state index is 6.12. The van der Waals surface area contributed by atoms with Crippen molar-refractivity contribution in [3.8, 4) is 0 Å². The number of nitrogens with zero attached hydrogens (tertiary/aromatic N) is 1. The van der Waals surface area contributed by atoms with Gasteiger partial charge in [-0.2, -0.15) is 0 Å². The highest BCUT2D eigenvalue weighted by Gasteiger charge is 2.17. The average Bonchev–Trinajstić information content (AvgIpc) is 2.89. The van der Waals surface area contributed by atoms with Crippen molar-refractivity contribution >= 4 is 56.2 Å². The lowest BCUT2D eigenvalue weighted by Crippen LogP contribution is -2.14. The number of thiocarbonyl (C=S) groups is 1. The minimum absolute atomic E-state index is 0.350. The number of fused-ring (bicyclic) bond motifs is 1. The molecule has 0 bridgehead atoms. The fourth-order valence-corrected chi connectivity index (χ4v) is 3.05. The molecule has 3 N–H and O–H groups in total. The first kappa shape index (κ1) is 14.8. The molecular formula is C15H13BrClN3S. The quantitative estimate of drug-likeness (QED) is 0.774. The fourth-order valence-electron chi connectivity index (χ4n) is 2.47. The lowest BCUT2D eigenvalue weighted by molar-refractivity contribution is 0.900. The zero-order chi connectivity index (χ0) is 15.0. The second-order valence-electron chi connectivity index (χ2n) is 4.96. The van der Waals surface area contributed by atoms with Crippen LogP contribution in [0.15, 0.2) is 28.7 Å². The van der Waals surface area contributed by atoms with Gasteiger partial charge in [-0.3, -0.25) is 0 Å². The number of aryl methyl sites for hydroxylation is 2. The van der Waals surface area contributed by atoms with Crippen LogP contribution >= 0.6 is 39.7 Å². The van der Waals surface area contributed by atoms with Crippen molar-refractivity contribution in [2.24, 2.45) is 5.73 Å². The van der Waals surface area contributed by atoms with Crippen LogP contribution in [-0.4, -0.2) is 9.97 Å². The Labute approximate surface area is 142 Å². The van der Waals surface area contributed by atoms with Gasteiger partial charge in [0.2, 0.25) is 0 Å². The first-order valence-electron chi connectivity index (χ1n) is 6.59. The molecule has 6 heteroatoms. The van der Waals surface area contributed by atoms with E-state index in [0.29, 0.717) is 15.8 Å². The van der Waals surface area contributed by atoms with Crippen molar-refractivity contribution in [1.82, 2.24) is 4.98 Å². The average molecular weight is 383 g/mol. The van der Waals surface area contributed by atoms with Gasteiger partial charge in [-0.05, 0) is 65.0 Å². The molecule has 108 valence electrons. The molecule has 1 heterocycles. The lowest BCUT2D eigenvalue weighted by Gasteiger charge is -2.13. The lowest BCUT2D eigenvalue weighted by atomic mass is 10.1. The van der Waals surface area contributed by atoms with E-state index in [0.717, 1.165) is 40.7 Å². The molecule has 1 aliphatic carbocycles. The second kappa shape index (κ2) is 5.91. The van der Waals surface area contributed by atoms with E-state index in [1.165, 1.54) is 5.56 Å². The molecule has 1 aromatic heterocycles. The summed E-state index contributed by atoms with van der Waals surface area (Å²) in [6.45, 7) is 0. The van der Waals surface area contributed by atoms with Crippen LogP contribution in [0, 0.1) is 0 Å². The molecule has 2 aromatic rings. The van der Waals surface area contributed by atoms with E-state index in [9.17, 15) is 0 Å². The molecule has 0 saturated carbocycles. The Morgan fingerprint density at radius 1 is 1.33 bits per heavy atom. The molecule has 3 rings (SSSR count). The molecule has 0 unspecified atom stereocenters. The Morgan fingerprint density at radius 2 is 2.14 bits per heavy atom. The van der Waals surface area contributed by atoms with Crippen molar-refractivity contribution in [2.75, 3.05) is 5.32 Å². The summed E-state index contributed by atoms with van der Waals surface area (Å²) in [5, 5.41) is 3.90. The molecule has 0 saturated heterocycles. The highest BCUT2D eigenvalue weighted by atomic mass is 79.9. The van der Waals surface area contributed by atoms with Crippen LogP contribution in [-0.2, 0) is 12.8 Å². The predicted octanol–water partition coefficient (Wildman–Crippen LogP) is 4.36. The molecule has 0 atom stereocenters. The van der Waals surface area contributed by atoms with Gasteiger partial charge in [-0.15, -0.1) is 0 Å². The molecule has 0 fully saturated rings. The van der Waals surface area contributed by atoms with Crippen molar-refractivity contribution in [1.29, 1.82) is 0 Å². The number of nitrogens with two attached hydrogens (primary N) is 1. The standard InChI is InChI=1S/C15H13BrClN3S/c16-11-5-4-9(7-12(11)17)19-15-10(14(18)21)6-8-2-1-3-13(8)20-15/h4-7H,1-3H2,(H2,18,21)(H,19,20). The van der Waals surface area contributed by atoms with Crippen LogP contribution in [0.25, 0.3) is 0 Å². The molecule has 0 radical (unpaired) electrons. The summed E-state index contributed by atoms with van der Waals surface area (Å²) in [4.78, 5) is 5.04.